The number of halogens is 4. The van der Waals surface area contributed by atoms with Gasteiger partial charge in [-0.1, -0.05) is 19.4 Å². The van der Waals surface area contributed by atoms with Gasteiger partial charge in [0.1, 0.15) is 0 Å². The third-order valence-corrected chi connectivity index (χ3v) is 3.72. The van der Waals surface area contributed by atoms with Crippen LogP contribution in [0.1, 0.15) is 26.2 Å². The van der Waals surface area contributed by atoms with Gasteiger partial charge in [0.2, 0.25) is 11.6 Å². The number of hydrogen-bond donors (Lipinski definition) is 0. The van der Waals surface area contributed by atoms with E-state index in [1.54, 1.807) is 6.08 Å². The van der Waals surface area contributed by atoms with Crippen LogP contribution in [0.2, 0.25) is 0 Å². The minimum absolute atomic E-state index is 0.131. The molecule has 0 saturated heterocycles. The van der Waals surface area contributed by atoms with Gasteiger partial charge in [-0.2, -0.15) is 8.78 Å². The first kappa shape index (κ1) is 19.8. The van der Waals surface area contributed by atoms with Crippen molar-refractivity contribution >= 4 is 0 Å². The molecule has 0 amide bonds. The van der Waals surface area contributed by atoms with Crippen molar-refractivity contribution in [2.24, 2.45) is 0 Å². The molecule has 2 nitrogen and oxygen atoms in total. The van der Waals surface area contributed by atoms with E-state index in [2.05, 4.69) is 6.58 Å². The first-order valence-electron chi connectivity index (χ1n) is 8.34. The van der Waals surface area contributed by atoms with Gasteiger partial charge < -0.3 is 9.47 Å². The summed E-state index contributed by atoms with van der Waals surface area (Å²) in [6, 6.07) is 4.70. The molecule has 0 bridgehead atoms. The average molecular weight is 368 g/mol. The van der Waals surface area contributed by atoms with Crippen LogP contribution >= 0.6 is 0 Å². The van der Waals surface area contributed by atoms with Crippen LogP contribution in [0, 0.1) is 23.3 Å². The first-order valence-corrected chi connectivity index (χ1v) is 8.34. The van der Waals surface area contributed by atoms with Gasteiger partial charge in [0.25, 0.3) is 0 Å². The number of ether oxygens (including phenoxy) is 2. The van der Waals surface area contributed by atoms with Gasteiger partial charge in [-0.3, -0.25) is 0 Å². The van der Waals surface area contributed by atoms with E-state index in [4.69, 9.17) is 9.47 Å². The van der Waals surface area contributed by atoms with Crippen LogP contribution in [-0.2, 0) is 0 Å². The molecule has 2 aromatic carbocycles. The Morgan fingerprint density at radius 2 is 1.31 bits per heavy atom. The SMILES string of the molecule is C=CCCOc1ccc(-c2ccc(OCCCC)c(F)c2F)c(F)c1F. The molecule has 0 fully saturated rings. The maximum Gasteiger partial charge on any atom is 0.201 e. The van der Waals surface area contributed by atoms with Crippen LogP contribution in [0.3, 0.4) is 0 Å². The summed E-state index contributed by atoms with van der Waals surface area (Å²) in [5.74, 6) is -5.64. The van der Waals surface area contributed by atoms with Crippen molar-refractivity contribution < 1.29 is 27.0 Å². The van der Waals surface area contributed by atoms with Gasteiger partial charge >= 0.3 is 0 Å². The minimum Gasteiger partial charge on any atom is -0.490 e. The minimum atomic E-state index is -1.31. The number of rotatable bonds is 9. The lowest BCUT2D eigenvalue weighted by molar-refractivity contribution is 0.289. The van der Waals surface area contributed by atoms with Crippen LogP contribution in [-0.4, -0.2) is 13.2 Å². The summed E-state index contributed by atoms with van der Waals surface area (Å²) < 4.78 is 67.2. The third kappa shape index (κ3) is 4.36. The highest BCUT2D eigenvalue weighted by molar-refractivity contribution is 5.67. The molecule has 0 N–H and O–H groups in total. The highest BCUT2D eigenvalue weighted by atomic mass is 19.2. The van der Waals surface area contributed by atoms with Gasteiger partial charge in [-0.05, 0) is 37.1 Å². The van der Waals surface area contributed by atoms with E-state index >= 15 is 0 Å². The predicted octanol–water partition coefficient (Wildman–Crippen LogP) is 6.04. The molecule has 0 aromatic heterocycles. The van der Waals surface area contributed by atoms with Gasteiger partial charge in [0.15, 0.2) is 23.1 Å². The molecule has 140 valence electrons. The molecule has 0 aliphatic carbocycles. The fourth-order valence-corrected chi connectivity index (χ4v) is 2.28. The van der Waals surface area contributed by atoms with Crippen molar-refractivity contribution in [3.05, 3.63) is 60.2 Å². The smallest absolute Gasteiger partial charge is 0.201 e. The molecular formula is C20H20F4O2. The van der Waals surface area contributed by atoms with E-state index in [1.165, 1.54) is 12.1 Å². The largest absolute Gasteiger partial charge is 0.490 e. The van der Waals surface area contributed by atoms with Gasteiger partial charge in [-0.25, -0.2) is 8.78 Å². The Hall–Kier alpha value is -2.50. The number of benzene rings is 2. The second-order valence-corrected chi connectivity index (χ2v) is 5.61. The van der Waals surface area contributed by atoms with Crippen molar-refractivity contribution in [3.63, 3.8) is 0 Å². The van der Waals surface area contributed by atoms with Crippen LogP contribution in [0.5, 0.6) is 11.5 Å². The summed E-state index contributed by atoms with van der Waals surface area (Å²) in [5.41, 5.74) is -0.783. The molecule has 0 unspecified atom stereocenters. The van der Waals surface area contributed by atoms with Crippen molar-refractivity contribution in [1.29, 1.82) is 0 Å². The normalized spacial score (nSPS) is 10.7. The standard InChI is InChI=1S/C20H20F4O2/c1-3-5-11-25-15-9-7-13(17(21)19(15)23)14-8-10-16(20(24)18(14)22)26-12-6-4-2/h3,7-10H,1,4-6,11-12H2,2H3. The molecule has 2 rings (SSSR count). The zero-order chi connectivity index (χ0) is 19.1. The Kier molecular flexibility index (Phi) is 7.06. The summed E-state index contributed by atoms with van der Waals surface area (Å²) in [6.07, 6.45) is 3.57. The second-order valence-electron chi connectivity index (χ2n) is 5.61. The lowest BCUT2D eigenvalue weighted by Crippen LogP contribution is -2.03. The number of unbranched alkanes of at least 4 members (excludes halogenated alkanes) is 1. The van der Waals surface area contributed by atoms with Crippen LogP contribution in [0.4, 0.5) is 17.6 Å². The molecule has 6 heteroatoms. The predicted molar refractivity (Wildman–Crippen MR) is 92.4 cm³/mol. The highest BCUT2D eigenvalue weighted by Crippen LogP contribution is 2.34. The summed E-state index contributed by atoms with van der Waals surface area (Å²) in [7, 11) is 0. The van der Waals surface area contributed by atoms with Crippen molar-refractivity contribution in [3.8, 4) is 22.6 Å². The van der Waals surface area contributed by atoms with E-state index in [0.717, 1.165) is 18.6 Å². The molecule has 26 heavy (non-hydrogen) atoms. The lowest BCUT2D eigenvalue weighted by atomic mass is 10.0. The monoisotopic (exact) mass is 368 g/mol. The molecule has 0 aliphatic heterocycles. The van der Waals surface area contributed by atoms with E-state index in [1.807, 2.05) is 6.92 Å². The maximum absolute atomic E-state index is 14.3. The topological polar surface area (TPSA) is 18.5 Å². The molecular weight excluding hydrogens is 348 g/mol. The van der Waals surface area contributed by atoms with Crippen LogP contribution in [0.25, 0.3) is 11.1 Å². The van der Waals surface area contributed by atoms with E-state index in [0.29, 0.717) is 12.8 Å². The van der Waals surface area contributed by atoms with Crippen LogP contribution < -0.4 is 9.47 Å². The van der Waals surface area contributed by atoms with Crippen molar-refractivity contribution in [2.45, 2.75) is 26.2 Å². The lowest BCUT2D eigenvalue weighted by Gasteiger charge is -2.12. The molecule has 2 aromatic rings. The van der Waals surface area contributed by atoms with Crippen LogP contribution in [0.15, 0.2) is 36.9 Å². The zero-order valence-electron chi connectivity index (χ0n) is 14.5. The zero-order valence-corrected chi connectivity index (χ0v) is 14.5. The Morgan fingerprint density at radius 1 is 0.808 bits per heavy atom. The van der Waals surface area contributed by atoms with Gasteiger partial charge in [-0.15, -0.1) is 6.58 Å². The Bertz CT molecular complexity index is 775. The Labute approximate surface area is 150 Å². The van der Waals surface area contributed by atoms with E-state index < -0.39 is 28.8 Å². The maximum atomic E-state index is 14.3. The summed E-state index contributed by atoms with van der Waals surface area (Å²) in [6.45, 7) is 5.81. The quantitative estimate of drug-likeness (QED) is 0.305. The molecule has 0 saturated carbocycles. The fraction of sp³-hybridized carbons (Fsp3) is 0.300. The Balaban J connectivity index is 2.32. The molecule has 0 radical (unpaired) electrons. The molecule has 0 atom stereocenters. The van der Waals surface area contributed by atoms with E-state index in [-0.39, 0.29) is 30.3 Å². The van der Waals surface area contributed by atoms with Crippen molar-refractivity contribution in [1.82, 2.24) is 0 Å². The Morgan fingerprint density at radius 3 is 1.77 bits per heavy atom. The fourth-order valence-electron chi connectivity index (χ4n) is 2.28. The molecule has 0 aliphatic rings. The molecule has 0 heterocycles. The highest BCUT2D eigenvalue weighted by Gasteiger charge is 2.21. The summed E-state index contributed by atoms with van der Waals surface area (Å²) >= 11 is 0. The third-order valence-electron chi connectivity index (χ3n) is 3.72. The van der Waals surface area contributed by atoms with E-state index in [9.17, 15) is 17.6 Å². The summed E-state index contributed by atoms with van der Waals surface area (Å²) in [5, 5.41) is 0. The van der Waals surface area contributed by atoms with Gasteiger partial charge in [0.05, 0.1) is 13.2 Å². The van der Waals surface area contributed by atoms with Crippen molar-refractivity contribution in [2.75, 3.05) is 13.2 Å². The second kappa shape index (κ2) is 9.27. The first-order chi connectivity index (χ1) is 12.5. The van der Waals surface area contributed by atoms with Gasteiger partial charge in [0, 0.05) is 11.1 Å². The molecule has 0 spiro atoms. The summed E-state index contributed by atoms with van der Waals surface area (Å²) in [4.78, 5) is 0. The number of hydrogen-bond acceptors (Lipinski definition) is 2. The average Bonchev–Trinajstić information content (AvgIpc) is 2.63.